The lowest BCUT2D eigenvalue weighted by atomic mass is 10.1. The maximum Gasteiger partial charge on any atom is 0.237 e. The standard InChI is InChI=1S/C14H13N5O/c15-5-3-14(20)18-7-4-13-11(9-18)10-19(17-13)12-2-1-6-16-8-12/h1-2,6,8,10H,3-4,7,9H2. The molecule has 0 aromatic carbocycles. The smallest absolute Gasteiger partial charge is 0.237 e. The van der Waals surface area contributed by atoms with Crippen LogP contribution in [0.15, 0.2) is 30.7 Å². The van der Waals surface area contributed by atoms with E-state index in [1.807, 2.05) is 24.4 Å². The highest BCUT2D eigenvalue weighted by atomic mass is 16.2. The number of nitrogens with zero attached hydrogens (tertiary/aromatic N) is 5. The average Bonchev–Trinajstić information content (AvgIpc) is 2.91. The molecule has 1 aliphatic rings. The molecule has 6 nitrogen and oxygen atoms in total. The van der Waals surface area contributed by atoms with E-state index >= 15 is 0 Å². The molecule has 1 aliphatic heterocycles. The molecule has 1 amide bonds. The van der Waals surface area contributed by atoms with E-state index in [0.717, 1.165) is 23.4 Å². The van der Waals surface area contributed by atoms with E-state index < -0.39 is 0 Å². The van der Waals surface area contributed by atoms with Crippen LogP contribution in [-0.2, 0) is 17.8 Å². The van der Waals surface area contributed by atoms with Gasteiger partial charge in [-0.1, -0.05) is 0 Å². The van der Waals surface area contributed by atoms with Crippen LogP contribution in [0.5, 0.6) is 0 Å². The second kappa shape index (κ2) is 5.13. The van der Waals surface area contributed by atoms with E-state index in [4.69, 9.17) is 5.26 Å². The minimum Gasteiger partial charge on any atom is -0.337 e. The van der Waals surface area contributed by atoms with E-state index in [-0.39, 0.29) is 12.3 Å². The summed E-state index contributed by atoms with van der Waals surface area (Å²) in [7, 11) is 0. The van der Waals surface area contributed by atoms with Crippen molar-refractivity contribution in [1.82, 2.24) is 19.7 Å². The van der Waals surface area contributed by atoms with Crippen molar-refractivity contribution in [2.75, 3.05) is 6.54 Å². The number of rotatable bonds is 2. The topological polar surface area (TPSA) is 74.8 Å². The molecule has 3 heterocycles. The first-order chi connectivity index (χ1) is 9.78. The zero-order valence-electron chi connectivity index (χ0n) is 10.9. The van der Waals surface area contributed by atoms with Crippen molar-refractivity contribution in [3.05, 3.63) is 42.0 Å². The van der Waals surface area contributed by atoms with Crippen molar-refractivity contribution >= 4 is 5.91 Å². The molecule has 0 fully saturated rings. The molecule has 2 aromatic heterocycles. The lowest BCUT2D eigenvalue weighted by Crippen LogP contribution is -2.35. The Labute approximate surface area is 116 Å². The average molecular weight is 267 g/mol. The van der Waals surface area contributed by atoms with Crippen molar-refractivity contribution in [1.29, 1.82) is 5.26 Å². The lowest BCUT2D eigenvalue weighted by Gasteiger charge is -2.25. The third-order valence-electron chi connectivity index (χ3n) is 3.35. The summed E-state index contributed by atoms with van der Waals surface area (Å²) in [4.78, 5) is 17.5. The fourth-order valence-electron chi connectivity index (χ4n) is 2.33. The predicted molar refractivity (Wildman–Crippen MR) is 70.7 cm³/mol. The Balaban J connectivity index is 1.83. The normalized spacial score (nSPS) is 13.7. The lowest BCUT2D eigenvalue weighted by molar-refractivity contribution is -0.131. The van der Waals surface area contributed by atoms with Gasteiger partial charge in [0.15, 0.2) is 0 Å². The third kappa shape index (κ3) is 2.26. The molecule has 0 unspecified atom stereocenters. The fourth-order valence-corrected chi connectivity index (χ4v) is 2.33. The van der Waals surface area contributed by atoms with Gasteiger partial charge in [-0.25, -0.2) is 4.68 Å². The van der Waals surface area contributed by atoms with Gasteiger partial charge < -0.3 is 4.90 Å². The van der Waals surface area contributed by atoms with Crippen molar-refractivity contribution in [3.63, 3.8) is 0 Å². The second-order valence-corrected chi connectivity index (χ2v) is 4.66. The summed E-state index contributed by atoms with van der Waals surface area (Å²) in [5, 5.41) is 13.1. The fraction of sp³-hybridized carbons (Fsp3) is 0.286. The number of hydrogen-bond acceptors (Lipinski definition) is 4. The zero-order chi connectivity index (χ0) is 13.9. The molecule has 0 saturated carbocycles. The molecule has 20 heavy (non-hydrogen) atoms. The highest BCUT2D eigenvalue weighted by Gasteiger charge is 2.23. The summed E-state index contributed by atoms with van der Waals surface area (Å²) < 4.78 is 1.79. The molecule has 0 bridgehead atoms. The van der Waals surface area contributed by atoms with Crippen LogP contribution >= 0.6 is 0 Å². The quantitative estimate of drug-likeness (QED) is 0.815. The Hall–Kier alpha value is -2.68. The molecule has 100 valence electrons. The number of aromatic nitrogens is 3. The number of amides is 1. The van der Waals surface area contributed by atoms with Gasteiger partial charge in [-0.15, -0.1) is 0 Å². The molecular formula is C14H13N5O. The highest BCUT2D eigenvalue weighted by Crippen LogP contribution is 2.19. The Bertz CT molecular complexity index is 671. The zero-order valence-corrected chi connectivity index (χ0v) is 10.9. The van der Waals surface area contributed by atoms with Crippen molar-refractivity contribution in [3.8, 4) is 11.8 Å². The van der Waals surface area contributed by atoms with Gasteiger partial charge in [0, 0.05) is 37.5 Å². The molecule has 3 rings (SSSR count). The van der Waals surface area contributed by atoms with Crippen LogP contribution in [0.25, 0.3) is 5.69 Å². The van der Waals surface area contributed by atoms with Crippen LogP contribution in [0.1, 0.15) is 17.7 Å². The number of nitriles is 1. The molecule has 2 aromatic rings. The minimum atomic E-state index is -0.118. The summed E-state index contributed by atoms with van der Waals surface area (Å²) in [6.07, 6.45) is 6.05. The second-order valence-electron chi connectivity index (χ2n) is 4.66. The molecule has 6 heteroatoms. The van der Waals surface area contributed by atoms with Crippen LogP contribution in [-0.4, -0.2) is 32.1 Å². The molecule has 0 spiro atoms. The maximum absolute atomic E-state index is 11.8. The van der Waals surface area contributed by atoms with Crippen molar-refractivity contribution in [2.45, 2.75) is 19.4 Å². The Morgan fingerprint density at radius 2 is 2.40 bits per heavy atom. The molecule has 0 saturated heterocycles. The third-order valence-corrected chi connectivity index (χ3v) is 3.35. The van der Waals surface area contributed by atoms with Crippen LogP contribution in [0.3, 0.4) is 0 Å². The monoisotopic (exact) mass is 267 g/mol. The number of pyridine rings is 1. The molecule has 0 N–H and O–H groups in total. The SMILES string of the molecule is N#CCC(=O)N1CCc2nn(-c3cccnc3)cc2C1. The summed E-state index contributed by atoms with van der Waals surface area (Å²) in [5.41, 5.74) is 2.94. The Morgan fingerprint density at radius 3 is 3.15 bits per heavy atom. The summed E-state index contributed by atoms with van der Waals surface area (Å²) >= 11 is 0. The molecule has 0 atom stereocenters. The summed E-state index contributed by atoms with van der Waals surface area (Å²) in [6, 6.07) is 5.69. The summed E-state index contributed by atoms with van der Waals surface area (Å²) in [5.74, 6) is -0.118. The van der Waals surface area contributed by atoms with E-state index in [0.29, 0.717) is 13.1 Å². The van der Waals surface area contributed by atoms with Crippen LogP contribution in [0.4, 0.5) is 0 Å². The molecular weight excluding hydrogens is 254 g/mol. The highest BCUT2D eigenvalue weighted by molar-refractivity contribution is 5.78. The maximum atomic E-state index is 11.8. The minimum absolute atomic E-state index is 0.0634. The largest absolute Gasteiger partial charge is 0.337 e. The van der Waals surface area contributed by atoms with Gasteiger partial charge in [0.25, 0.3) is 0 Å². The van der Waals surface area contributed by atoms with E-state index in [9.17, 15) is 4.79 Å². The van der Waals surface area contributed by atoms with Crippen molar-refractivity contribution < 1.29 is 4.79 Å². The molecule has 0 aliphatic carbocycles. The first-order valence-corrected chi connectivity index (χ1v) is 6.40. The number of carbonyl (C=O) groups is 1. The van der Waals surface area contributed by atoms with E-state index in [1.165, 1.54) is 0 Å². The van der Waals surface area contributed by atoms with E-state index in [1.54, 1.807) is 22.0 Å². The Morgan fingerprint density at radius 1 is 1.50 bits per heavy atom. The van der Waals surface area contributed by atoms with Gasteiger partial charge in [-0.3, -0.25) is 9.78 Å². The van der Waals surface area contributed by atoms with Crippen LogP contribution < -0.4 is 0 Å². The van der Waals surface area contributed by atoms with Gasteiger partial charge in [-0.2, -0.15) is 10.4 Å². The Kier molecular flexibility index (Phi) is 3.17. The van der Waals surface area contributed by atoms with Gasteiger partial charge in [-0.05, 0) is 12.1 Å². The van der Waals surface area contributed by atoms with Crippen LogP contribution in [0, 0.1) is 11.3 Å². The van der Waals surface area contributed by atoms with Gasteiger partial charge >= 0.3 is 0 Å². The predicted octanol–water partition coefficient (Wildman–Crippen LogP) is 1.07. The van der Waals surface area contributed by atoms with Gasteiger partial charge in [0.2, 0.25) is 5.91 Å². The number of carbonyl (C=O) groups excluding carboxylic acids is 1. The van der Waals surface area contributed by atoms with Crippen LogP contribution in [0.2, 0.25) is 0 Å². The number of fused-ring (bicyclic) bond motifs is 1. The van der Waals surface area contributed by atoms with Gasteiger partial charge in [0.1, 0.15) is 6.42 Å². The number of hydrogen-bond donors (Lipinski definition) is 0. The first kappa shape index (κ1) is 12.4. The van der Waals surface area contributed by atoms with Gasteiger partial charge in [0.05, 0.1) is 23.6 Å². The first-order valence-electron chi connectivity index (χ1n) is 6.40. The van der Waals surface area contributed by atoms with Crippen molar-refractivity contribution in [2.24, 2.45) is 0 Å². The molecule has 0 radical (unpaired) electrons. The van der Waals surface area contributed by atoms with E-state index in [2.05, 4.69) is 10.1 Å². The summed E-state index contributed by atoms with van der Waals surface area (Å²) in [6.45, 7) is 1.15.